The molecule has 20 heavy (non-hydrogen) atoms. The summed E-state index contributed by atoms with van der Waals surface area (Å²) in [6.07, 6.45) is 3.34. The molecule has 3 atom stereocenters. The highest BCUT2D eigenvalue weighted by Gasteiger charge is 2.33. The normalized spacial score (nSPS) is 25.4. The first-order chi connectivity index (χ1) is 9.53. The number of hydrogen-bond donors (Lipinski definition) is 1. The van der Waals surface area contributed by atoms with Crippen molar-refractivity contribution < 1.29 is 14.3 Å². The third-order valence-electron chi connectivity index (χ3n) is 3.75. The van der Waals surface area contributed by atoms with E-state index in [1.54, 1.807) is 0 Å². The van der Waals surface area contributed by atoms with Crippen LogP contribution < -0.4 is 5.32 Å². The topological polar surface area (TPSA) is 47.6 Å². The minimum absolute atomic E-state index is 0.135. The first-order valence-electron chi connectivity index (χ1n) is 7.69. The first kappa shape index (κ1) is 17.8. The number of hydrogen-bond acceptors (Lipinski definition) is 5. The summed E-state index contributed by atoms with van der Waals surface area (Å²) in [6.45, 7) is 10.1. The molecule has 1 saturated heterocycles. The lowest BCUT2D eigenvalue weighted by atomic mass is 9.96. The number of ether oxygens (including phenoxy) is 2. The summed E-state index contributed by atoms with van der Waals surface area (Å²) in [5.74, 6) is 0.933. The minimum atomic E-state index is -0.552. The van der Waals surface area contributed by atoms with Gasteiger partial charge in [-0.3, -0.25) is 4.79 Å². The highest BCUT2D eigenvalue weighted by Crippen LogP contribution is 2.27. The number of likely N-dealkylation sites (N-methyl/N-ethyl adjacent to an activating group) is 1. The Morgan fingerprint density at radius 2 is 2.25 bits per heavy atom. The molecule has 0 aromatic heterocycles. The summed E-state index contributed by atoms with van der Waals surface area (Å²) in [7, 11) is 0. The maximum Gasteiger partial charge on any atom is 0.326 e. The Hall–Kier alpha value is -0.260. The van der Waals surface area contributed by atoms with Crippen LogP contribution in [0.5, 0.6) is 0 Å². The molecule has 1 aliphatic rings. The van der Waals surface area contributed by atoms with E-state index in [0.29, 0.717) is 18.0 Å². The number of carbonyl (C=O) groups excluding carboxylic acids is 1. The number of esters is 1. The van der Waals surface area contributed by atoms with Gasteiger partial charge in [0.2, 0.25) is 0 Å². The molecule has 1 aliphatic heterocycles. The van der Waals surface area contributed by atoms with Crippen molar-refractivity contribution in [2.24, 2.45) is 0 Å². The van der Waals surface area contributed by atoms with E-state index in [1.165, 1.54) is 0 Å². The second-order valence-electron chi connectivity index (χ2n) is 5.46. The quantitative estimate of drug-likeness (QED) is 0.524. The predicted octanol–water partition coefficient (Wildman–Crippen LogP) is 2.61. The molecule has 4 nitrogen and oxygen atoms in total. The van der Waals surface area contributed by atoms with Crippen LogP contribution in [0.4, 0.5) is 0 Å². The van der Waals surface area contributed by atoms with Gasteiger partial charge in [0.25, 0.3) is 0 Å². The lowest BCUT2D eigenvalue weighted by Gasteiger charge is -2.28. The van der Waals surface area contributed by atoms with Crippen molar-refractivity contribution in [3.8, 4) is 0 Å². The van der Waals surface area contributed by atoms with Crippen molar-refractivity contribution in [3.63, 3.8) is 0 Å². The highest BCUT2D eigenvalue weighted by atomic mass is 32.2. The highest BCUT2D eigenvalue weighted by molar-refractivity contribution is 7.99. The average molecular weight is 303 g/mol. The molecule has 1 fully saturated rings. The zero-order valence-corrected chi connectivity index (χ0v) is 14.1. The Morgan fingerprint density at radius 1 is 1.50 bits per heavy atom. The zero-order chi connectivity index (χ0) is 15.0. The monoisotopic (exact) mass is 303 g/mol. The molecule has 0 aliphatic carbocycles. The van der Waals surface area contributed by atoms with Gasteiger partial charge in [-0.1, -0.05) is 6.92 Å². The van der Waals surface area contributed by atoms with Crippen LogP contribution in [0.2, 0.25) is 0 Å². The predicted molar refractivity (Wildman–Crippen MR) is 84.2 cm³/mol. The summed E-state index contributed by atoms with van der Waals surface area (Å²) in [4.78, 5) is 12.0. The number of carbonyl (C=O) groups is 1. The van der Waals surface area contributed by atoms with Crippen molar-refractivity contribution >= 4 is 17.7 Å². The van der Waals surface area contributed by atoms with Crippen LogP contribution in [0, 0.1) is 0 Å². The summed E-state index contributed by atoms with van der Waals surface area (Å²) in [5.41, 5.74) is -0.552. The fraction of sp³-hybridized carbons (Fsp3) is 0.933. The van der Waals surface area contributed by atoms with Gasteiger partial charge in [-0.05, 0) is 52.3 Å². The van der Waals surface area contributed by atoms with Gasteiger partial charge in [-0.25, -0.2) is 0 Å². The van der Waals surface area contributed by atoms with Crippen molar-refractivity contribution in [2.75, 3.05) is 25.5 Å². The molecule has 1 heterocycles. The fourth-order valence-electron chi connectivity index (χ4n) is 2.53. The fourth-order valence-corrected chi connectivity index (χ4v) is 3.76. The number of thioether (sulfide) groups is 1. The molecule has 0 amide bonds. The van der Waals surface area contributed by atoms with Gasteiger partial charge in [0.05, 0.1) is 12.7 Å². The Morgan fingerprint density at radius 3 is 2.80 bits per heavy atom. The summed E-state index contributed by atoms with van der Waals surface area (Å²) in [6, 6.07) is 0. The Balaban J connectivity index is 2.33. The van der Waals surface area contributed by atoms with Gasteiger partial charge in [0, 0.05) is 11.9 Å². The average Bonchev–Trinajstić information content (AvgIpc) is 2.81. The maximum absolute atomic E-state index is 12.0. The Bertz CT molecular complexity index is 301. The van der Waals surface area contributed by atoms with Gasteiger partial charge in [0.15, 0.2) is 0 Å². The zero-order valence-electron chi connectivity index (χ0n) is 13.2. The van der Waals surface area contributed by atoms with Crippen LogP contribution in [0.3, 0.4) is 0 Å². The number of rotatable bonds is 9. The van der Waals surface area contributed by atoms with Crippen LogP contribution in [0.1, 0.15) is 47.0 Å². The largest absolute Gasteiger partial charge is 0.465 e. The van der Waals surface area contributed by atoms with E-state index in [2.05, 4.69) is 12.2 Å². The van der Waals surface area contributed by atoms with Gasteiger partial charge in [-0.2, -0.15) is 11.8 Å². The van der Waals surface area contributed by atoms with Gasteiger partial charge >= 0.3 is 5.97 Å². The molecule has 0 bridgehead atoms. The lowest BCUT2D eigenvalue weighted by molar-refractivity contribution is -0.150. The molecule has 0 aromatic carbocycles. The molecule has 0 spiro atoms. The maximum atomic E-state index is 12.0. The molecule has 0 aromatic rings. The van der Waals surface area contributed by atoms with Crippen molar-refractivity contribution in [3.05, 3.63) is 0 Å². The van der Waals surface area contributed by atoms with Crippen molar-refractivity contribution in [2.45, 2.75) is 63.9 Å². The second kappa shape index (κ2) is 8.90. The smallest absolute Gasteiger partial charge is 0.326 e. The van der Waals surface area contributed by atoms with Crippen LogP contribution >= 0.6 is 11.8 Å². The third kappa shape index (κ3) is 5.26. The van der Waals surface area contributed by atoms with E-state index >= 15 is 0 Å². The molecule has 0 saturated carbocycles. The summed E-state index contributed by atoms with van der Waals surface area (Å²) < 4.78 is 10.7. The molecule has 1 N–H and O–H groups in total. The lowest BCUT2D eigenvalue weighted by Crippen LogP contribution is -2.50. The van der Waals surface area contributed by atoms with Gasteiger partial charge in [-0.15, -0.1) is 0 Å². The SMILES string of the molecule is CCNC(C)(CCCSC1CCOC1C)C(=O)OCC. The summed E-state index contributed by atoms with van der Waals surface area (Å²) in [5, 5.41) is 3.89. The first-order valence-corrected chi connectivity index (χ1v) is 8.73. The van der Waals surface area contributed by atoms with E-state index in [9.17, 15) is 4.79 Å². The van der Waals surface area contributed by atoms with Gasteiger partial charge in [0.1, 0.15) is 5.54 Å². The standard InChI is InChI=1S/C15H29NO3S/c1-5-16-15(4,14(17)18-6-2)9-7-11-20-13-8-10-19-12(13)3/h12-13,16H,5-11H2,1-4H3. The third-order valence-corrected chi connectivity index (χ3v) is 5.32. The van der Waals surface area contributed by atoms with Crippen molar-refractivity contribution in [1.29, 1.82) is 0 Å². The van der Waals surface area contributed by atoms with Crippen LogP contribution in [0.25, 0.3) is 0 Å². The van der Waals surface area contributed by atoms with Gasteiger partial charge < -0.3 is 14.8 Å². The Labute approximate surface area is 127 Å². The minimum Gasteiger partial charge on any atom is -0.465 e. The number of nitrogens with one attached hydrogen (secondary N) is 1. The molecule has 5 heteroatoms. The van der Waals surface area contributed by atoms with E-state index in [0.717, 1.165) is 38.2 Å². The molecule has 3 unspecified atom stereocenters. The van der Waals surface area contributed by atoms with Crippen molar-refractivity contribution in [1.82, 2.24) is 5.32 Å². The molecule has 1 rings (SSSR count). The second-order valence-corrected chi connectivity index (χ2v) is 6.81. The molecular formula is C15H29NO3S. The van der Waals surface area contributed by atoms with E-state index < -0.39 is 5.54 Å². The molecular weight excluding hydrogens is 274 g/mol. The van der Waals surface area contributed by atoms with E-state index in [1.807, 2.05) is 32.5 Å². The van der Waals surface area contributed by atoms with Crippen LogP contribution in [0.15, 0.2) is 0 Å². The van der Waals surface area contributed by atoms with E-state index in [4.69, 9.17) is 9.47 Å². The van der Waals surface area contributed by atoms with E-state index in [-0.39, 0.29) is 5.97 Å². The van der Waals surface area contributed by atoms with Crippen LogP contribution in [-0.2, 0) is 14.3 Å². The Kier molecular flexibility index (Phi) is 7.92. The molecule has 118 valence electrons. The van der Waals surface area contributed by atoms with Crippen LogP contribution in [-0.4, -0.2) is 48.4 Å². The summed E-state index contributed by atoms with van der Waals surface area (Å²) >= 11 is 1.97. The molecule has 0 radical (unpaired) electrons.